The zero-order chi connectivity index (χ0) is 12.3. The highest BCUT2D eigenvalue weighted by molar-refractivity contribution is 6.28. The fourth-order valence-corrected chi connectivity index (χ4v) is 1.80. The molecule has 0 radical (unpaired) electrons. The van der Waals surface area contributed by atoms with Gasteiger partial charge in [0.2, 0.25) is 0 Å². The Bertz CT molecular complexity index is 481. The lowest BCUT2D eigenvalue weighted by molar-refractivity contribution is 0.406. The number of rotatable bonds is 5. The van der Waals surface area contributed by atoms with Crippen molar-refractivity contribution in [2.45, 2.75) is 25.9 Å². The summed E-state index contributed by atoms with van der Waals surface area (Å²) in [6.07, 6.45) is 2.12. The number of aryl methyl sites for hydroxylation is 1. The van der Waals surface area contributed by atoms with Gasteiger partial charge in [-0.15, -0.1) is 0 Å². The van der Waals surface area contributed by atoms with Crippen LogP contribution in [0.3, 0.4) is 0 Å². The highest BCUT2D eigenvalue weighted by Gasteiger charge is 2.17. The Labute approximate surface area is 104 Å². The van der Waals surface area contributed by atoms with Gasteiger partial charge in [0.1, 0.15) is 17.9 Å². The lowest BCUT2D eigenvalue weighted by atomic mass is 10.1. The van der Waals surface area contributed by atoms with E-state index in [0.29, 0.717) is 17.4 Å². The van der Waals surface area contributed by atoms with Crippen molar-refractivity contribution >= 4 is 11.6 Å². The van der Waals surface area contributed by atoms with E-state index >= 15 is 0 Å². The molecule has 0 aliphatic carbocycles. The second kappa shape index (κ2) is 5.31. The third kappa shape index (κ3) is 2.66. The Kier molecular flexibility index (Phi) is 3.78. The topological polar surface area (TPSA) is 81.9 Å². The van der Waals surface area contributed by atoms with E-state index in [4.69, 9.17) is 21.9 Å². The van der Waals surface area contributed by atoms with Gasteiger partial charge in [-0.05, 0) is 30.7 Å². The Morgan fingerprint density at radius 2 is 2.41 bits per heavy atom. The lowest BCUT2D eigenvalue weighted by Crippen LogP contribution is -2.30. The van der Waals surface area contributed by atoms with Gasteiger partial charge in [0.15, 0.2) is 5.22 Å². The first-order valence-electron chi connectivity index (χ1n) is 5.32. The Morgan fingerprint density at radius 1 is 1.59 bits per heavy atom. The quantitative estimate of drug-likeness (QED) is 0.622. The van der Waals surface area contributed by atoms with Crippen molar-refractivity contribution in [3.8, 4) is 0 Å². The minimum atomic E-state index is -0.169. The maximum atomic E-state index is 5.73. The zero-order valence-corrected chi connectivity index (χ0v) is 10.2. The molecule has 0 bridgehead atoms. The van der Waals surface area contributed by atoms with Crippen LogP contribution in [0, 0.1) is 0 Å². The number of nitrogens with two attached hydrogens (primary N) is 1. The molecule has 0 spiro atoms. The normalized spacial score (nSPS) is 12.9. The molecule has 7 heteroatoms. The van der Waals surface area contributed by atoms with E-state index in [9.17, 15) is 0 Å². The number of furan rings is 1. The maximum absolute atomic E-state index is 5.73. The molecule has 1 atom stereocenters. The second-order valence-corrected chi connectivity index (χ2v) is 3.93. The second-order valence-electron chi connectivity index (χ2n) is 3.56. The first-order valence-corrected chi connectivity index (χ1v) is 5.70. The van der Waals surface area contributed by atoms with Gasteiger partial charge in [0, 0.05) is 13.0 Å². The van der Waals surface area contributed by atoms with E-state index in [1.165, 1.54) is 6.33 Å². The average molecular weight is 256 g/mol. The molecule has 0 aliphatic rings. The first-order chi connectivity index (χ1) is 8.24. The van der Waals surface area contributed by atoms with Gasteiger partial charge < -0.3 is 4.42 Å². The van der Waals surface area contributed by atoms with Gasteiger partial charge in [0.05, 0.1) is 6.04 Å². The standard InChI is InChI=1S/C10H14ClN5O/c1-2-16-10(13-6-14-16)5-7(15-12)8-3-4-9(11)17-8/h3-4,6-7,15H,2,5,12H2,1H3. The Morgan fingerprint density at radius 3 is 3.00 bits per heavy atom. The minimum absolute atomic E-state index is 0.169. The highest BCUT2D eigenvalue weighted by atomic mass is 35.5. The third-order valence-corrected chi connectivity index (χ3v) is 2.72. The number of nitrogens with one attached hydrogen (secondary N) is 1. The molecule has 0 saturated heterocycles. The molecule has 0 saturated carbocycles. The average Bonchev–Trinajstić information content (AvgIpc) is 2.94. The number of hydrazine groups is 1. The van der Waals surface area contributed by atoms with E-state index in [1.807, 2.05) is 11.6 Å². The lowest BCUT2D eigenvalue weighted by Gasteiger charge is -2.12. The first kappa shape index (κ1) is 12.1. The molecule has 0 fully saturated rings. The summed E-state index contributed by atoms with van der Waals surface area (Å²) < 4.78 is 7.14. The minimum Gasteiger partial charge on any atom is -0.448 e. The maximum Gasteiger partial charge on any atom is 0.193 e. The summed E-state index contributed by atoms with van der Waals surface area (Å²) in [4.78, 5) is 4.19. The van der Waals surface area contributed by atoms with Crippen molar-refractivity contribution in [1.29, 1.82) is 0 Å². The van der Waals surface area contributed by atoms with Crippen molar-refractivity contribution in [2.24, 2.45) is 5.84 Å². The van der Waals surface area contributed by atoms with Gasteiger partial charge in [-0.3, -0.25) is 10.5 Å². The molecule has 2 aromatic rings. The monoisotopic (exact) mass is 255 g/mol. The predicted molar refractivity (Wildman–Crippen MR) is 63.2 cm³/mol. The van der Waals surface area contributed by atoms with E-state index in [2.05, 4.69) is 15.5 Å². The van der Waals surface area contributed by atoms with E-state index in [1.54, 1.807) is 12.1 Å². The van der Waals surface area contributed by atoms with Crippen molar-refractivity contribution in [3.63, 3.8) is 0 Å². The smallest absolute Gasteiger partial charge is 0.193 e. The molecular formula is C10H14ClN5O. The largest absolute Gasteiger partial charge is 0.448 e. The van der Waals surface area contributed by atoms with Gasteiger partial charge in [-0.25, -0.2) is 10.4 Å². The molecule has 3 N–H and O–H groups in total. The van der Waals surface area contributed by atoms with Crippen LogP contribution in [-0.2, 0) is 13.0 Å². The molecule has 1 unspecified atom stereocenters. The summed E-state index contributed by atoms with van der Waals surface area (Å²) in [7, 11) is 0. The molecule has 0 amide bonds. The molecule has 0 aromatic carbocycles. The SMILES string of the molecule is CCn1ncnc1CC(NN)c1ccc(Cl)o1. The van der Waals surface area contributed by atoms with E-state index in [-0.39, 0.29) is 6.04 Å². The van der Waals surface area contributed by atoms with Gasteiger partial charge in [-0.2, -0.15) is 5.10 Å². The fraction of sp³-hybridized carbons (Fsp3) is 0.400. The summed E-state index contributed by atoms with van der Waals surface area (Å²) in [5, 5.41) is 4.45. The van der Waals surface area contributed by atoms with Gasteiger partial charge >= 0.3 is 0 Å². The van der Waals surface area contributed by atoms with Crippen LogP contribution in [0.4, 0.5) is 0 Å². The molecular weight excluding hydrogens is 242 g/mol. The number of hydrogen-bond acceptors (Lipinski definition) is 5. The molecule has 2 rings (SSSR count). The molecule has 17 heavy (non-hydrogen) atoms. The van der Waals surface area contributed by atoms with Crippen LogP contribution in [0.2, 0.25) is 5.22 Å². The van der Waals surface area contributed by atoms with Crippen LogP contribution >= 0.6 is 11.6 Å². The van der Waals surface area contributed by atoms with Crippen molar-refractivity contribution in [1.82, 2.24) is 20.2 Å². The number of halogens is 1. The van der Waals surface area contributed by atoms with Crippen LogP contribution < -0.4 is 11.3 Å². The van der Waals surface area contributed by atoms with Crippen LogP contribution in [-0.4, -0.2) is 14.8 Å². The van der Waals surface area contributed by atoms with Gasteiger partial charge in [-0.1, -0.05) is 0 Å². The molecule has 2 heterocycles. The number of nitrogens with zero attached hydrogens (tertiary/aromatic N) is 3. The fourth-order valence-electron chi connectivity index (χ4n) is 1.65. The molecule has 0 aliphatic heterocycles. The van der Waals surface area contributed by atoms with Crippen LogP contribution in [0.1, 0.15) is 24.6 Å². The van der Waals surface area contributed by atoms with Crippen molar-refractivity contribution in [2.75, 3.05) is 0 Å². The summed E-state index contributed by atoms with van der Waals surface area (Å²) in [6.45, 7) is 2.78. The van der Waals surface area contributed by atoms with Crippen molar-refractivity contribution in [3.05, 3.63) is 35.3 Å². The molecule has 92 valence electrons. The third-order valence-electron chi connectivity index (χ3n) is 2.52. The van der Waals surface area contributed by atoms with Crippen LogP contribution in [0.25, 0.3) is 0 Å². The summed E-state index contributed by atoms with van der Waals surface area (Å²) >= 11 is 5.73. The van der Waals surface area contributed by atoms with Crippen LogP contribution in [0.15, 0.2) is 22.9 Å². The van der Waals surface area contributed by atoms with Crippen LogP contribution in [0.5, 0.6) is 0 Å². The highest BCUT2D eigenvalue weighted by Crippen LogP contribution is 2.21. The van der Waals surface area contributed by atoms with E-state index < -0.39 is 0 Å². The number of hydrogen-bond donors (Lipinski definition) is 2. The van der Waals surface area contributed by atoms with Gasteiger partial charge in [0.25, 0.3) is 0 Å². The Balaban J connectivity index is 2.15. The summed E-state index contributed by atoms with van der Waals surface area (Å²) in [5.41, 5.74) is 2.69. The number of aromatic nitrogens is 3. The summed E-state index contributed by atoms with van der Waals surface area (Å²) in [6, 6.07) is 3.31. The van der Waals surface area contributed by atoms with Crippen molar-refractivity contribution < 1.29 is 4.42 Å². The molecule has 6 nitrogen and oxygen atoms in total. The zero-order valence-electron chi connectivity index (χ0n) is 9.43. The predicted octanol–water partition coefficient (Wildman–Crippen LogP) is 1.29. The Hall–Kier alpha value is -1.37. The summed E-state index contributed by atoms with van der Waals surface area (Å²) in [5.74, 6) is 7.05. The molecule has 2 aromatic heterocycles. The van der Waals surface area contributed by atoms with E-state index in [0.717, 1.165) is 12.4 Å².